The number of rotatable bonds is 3. The van der Waals surface area contributed by atoms with Gasteiger partial charge >= 0.3 is 12.1 Å². The monoisotopic (exact) mass is 390 g/mol. The molecule has 0 aliphatic carbocycles. The second-order valence-electron chi connectivity index (χ2n) is 5.31. The van der Waals surface area contributed by atoms with Gasteiger partial charge in [0.05, 0.1) is 29.0 Å². The van der Waals surface area contributed by atoms with Gasteiger partial charge in [0.2, 0.25) is 0 Å². The Balaban J connectivity index is 2.53. The largest absolute Gasteiger partial charge is 0.465 e. The molecule has 0 radical (unpaired) electrons. The van der Waals surface area contributed by atoms with Crippen LogP contribution in [0.2, 0.25) is 0 Å². The van der Waals surface area contributed by atoms with Crippen LogP contribution in [0.5, 0.6) is 0 Å². The van der Waals surface area contributed by atoms with Crippen molar-refractivity contribution in [3.05, 3.63) is 35.4 Å². The first-order chi connectivity index (χ1) is 11.9. The van der Waals surface area contributed by atoms with Gasteiger partial charge in [-0.15, -0.1) is 0 Å². The summed E-state index contributed by atoms with van der Waals surface area (Å²) < 4.78 is 66.7. The molecule has 1 heterocycles. The van der Waals surface area contributed by atoms with Gasteiger partial charge in [0.1, 0.15) is 0 Å². The number of carbonyl (C=O) groups excluding carboxylic acids is 2. The van der Waals surface area contributed by atoms with Crippen LogP contribution in [0.3, 0.4) is 0 Å². The quantitative estimate of drug-likeness (QED) is 0.580. The minimum absolute atomic E-state index is 0.0325. The van der Waals surface area contributed by atoms with Crippen molar-refractivity contribution in [1.82, 2.24) is 0 Å². The molecule has 1 aromatic rings. The van der Waals surface area contributed by atoms with Gasteiger partial charge < -0.3 is 4.74 Å². The molecule has 0 unspecified atom stereocenters. The molecule has 11 heteroatoms. The number of hydrazone groups is 1. The third-order valence-corrected chi connectivity index (χ3v) is 4.58. The van der Waals surface area contributed by atoms with Gasteiger partial charge in [-0.2, -0.15) is 23.3 Å². The highest BCUT2D eigenvalue weighted by Crippen LogP contribution is 2.34. The van der Waals surface area contributed by atoms with Crippen molar-refractivity contribution in [2.45, 2.75) is 18.0 Å². The van der Waals surface area contributed by atoms with E-state index in [0.29, 0.717) is 5.01 Å². The van der Waals surface area contributed by atoms with Crippen LogP contribution in [-0.2, 0) is 24.2 Å². The lowest BCUT2D eigenvalue weighted by molar-refractivity contribution is -0.148. The second kappa shape index (κ2) is 6.56. The standard InChI is InChI=1S/C15H13F3N2O5S/c1-8-11(12(14(22)25-2)15(16,17)18)13(21)20(19-8)9-4-6-10(7-5-9)26(3,23)24/h4-7H,1-3H3. The van der Waals surface area contributed by atoms with Crippen molar-refractivity contribution in [3.63, 3.8) is 0 Å². The van der Waals surface area contributed by atoms with E-state index in [1.54, 1.807) is 0 Å². The maximum absolute atomic E-state index is 13.2. The van der Waals surface area contributed by atoms with Crippen molar-refractivity contribution < 1.29 is 35.9 Å². The first kappa shape index (κ1) is 19.6. The van der Waals surface area contributed by atoms with Crippen LogP contribution in [0.1, 0.15) is 6.92 Å². The number of hydrogen-bond donors (Lipinski definition) is 0. The Hall–Kier alpha value is -2.69. The normalized spacial score (nSPS) is 17.2. The fraction of sp³-hybridized carbons (Fsp3) is 0.267. The Kier molecular flexibility index (Phi) is 4.95. The number of esters is 1. The Morgan fingerprint density at radius 1 is 1.19 bits per heavy atom. The van der Waals surface area contributed by atoms with Crippen LogP contribution >= 0.6 is 0 Å². The maximum Gasteiger partial charge on any atom is 0.424 e. The van der Waals surface area contributed by atoms with E-state index >= 15 is 0 Å². The van der Waals surface area contributed by atoms with E-state index in [0.717, 1.165) is 20.3 Å². The molecule has 0 bridgehead atoms. The van der Waals surface area contributed by atoms with Gasteiger partial charge in [0.15, 0.2) is 15.4 Å². The van der Waals surface area contributed by atoms with Crippen molar-refractivity contribution in [2.24, 2.45) is 5.10 Å². The average Bonchev–Trinajstić information content (AvgIpc) is 2.81. The molecule has 1 aliphatic heterocycles. The van der Waals surface area contributed by atoms with E-state index in [4.69, 9.17) is 0 Å². The van der Waals surface area contributed by atoms with Crippen LogP contribution in [0.25, 0.3) is 0 Å². The summed E-state index contributed by atoms with van der Waals surface area (Å²) in [5.41, 5.74) is -2.94. The van der Waals surface area contributed by atoms with E-state index in [1.807, 2.05) is 0 Å². The first-order valence-corrected chi connectivity index (χ1v) is 8.87. The molecule has 0 fully saturated rings. The molecule has 0 saturated heterocycles. The highest BCUT2D eigenvalue weighted by molar-refractivity contribution is 7.90. The lowest BCUT2D eigenvalue weighted by atomic mass is 10.0. The van der Waals surface area contributed by atoms with Gasteiger partial charge in [-0.1, -0.05) is 0 Å². The number of sulfone groups is 1. The van der Waals surface area contributed by atoms with Gasteiger partial charge in [-0.25, -0.2) is 13.2 Å². The molecule has 7 nitrogen and oxygen atoms in total. The van der Waals surface area contributed by atoms with Crippen LogP contribution in [0, 0.1) is 0 Å². The predicted octanol–water partition coefficient (Wildman–Crippen LogP) is 1.84. The summed E-state index contributed by atoms with van der Waals surface area (Å²) in [5.74, 6) is -2.88. The lowest BCUT2D eigenvalue weighted by Crippen LogP contribution is -2.29. The number of carbonyl (C=O) groups is 2. The van der Waals surface area contributed by atoms with Gasteiger partial charge in [-0.3, -0.25) is 4.79 Å². The van der Waals surface area contributed by atoms with E-state index in [9.17, 15) is 31.2 Å². The zero-order chi connectivity index (χ0) is 19.9. The number of amides is 1. The summed E-state index contributed by atoms with van der Waals surface area (Å²) in [6.45, 7) is 1.15. The van der Waals surface area contributed by atoms with Crippen LogP contribution < -0.4 is 5.01 Å². The van der Waals surface area contributed by atoms with Crippen LogP contribution in [0.15, 0.2) is 45.4 Å². The fourth-order valence-electron chi connectivity index (χ4n) is 2.27. The number of halogens is 3. The molecule has 1 aliphatic rings. The number of alkyl halides is 3. The summed E-state index contributed by atoms with van der Waals surface area (Å²) >= 11 is 0. The third-order valence-electron chi connectivity index (χ3n) is 3.45. The minimum Gasteiger partial charge on any atom is -0.465 e. The highest BCUT2D eigenvalue weighted by Gasteiger charge is 2.47. The van der Waals surface area contributed by atoms with E-state index in [1.165, 1.54) is 24.3 Å². The molecule has 0 atom stereocenters. The lowest BCUT2D eigenvalue weighted by Gasteiger charge is -2.14. The first-order valence-electron chi connectivity index (χ1n) is 6.98. The van der Waals surface area contributed by atoms with Gasteiger partial charge in [-0.05, 0) is 31.2 Å². The molecule has 0 aromatic heterocycles. The topological polar surface area (TPSA) is 93.1 Å². The Morgan fingerprint density at radius 2 is 1.73 bits per heavy atom. The number of benzene rings is 1. The summed E-state index contributed by atoms with van der Waals surface area (Å²) in [5, 5.41) is 4.41. The number of anilines is 1. The summed E-state index contributed by atoms with van der Waals surface area (Å²) in [4.78, 5) is 23.9. The number of ether oxygens (including phenoxy) is 1. The summed E-state index contributed by atoms with van der Waals surface area (Å²) in [7, 11) is -2.72. The van der Waals surface area contributed by atoms with Gasteiger partial charge in [0.25, 0.3) is 5.91 Å². The third kappa shape index (κ3) is 3.62. The maximum atomic E-state index is 13.2. The number of methoxy groups -OCH3 is 1. The zero-order valence-corrected chi connectivity index (χ0v) is 14.6. The molecular weight excluding hydrogens is 377 g/mol. The fourth-order valence-corrected chi connectivity index (χ4v) is 2.90. The SMILES string of the molecule is COC(=O)C(=C1C(=O)N(c2ccc(S(C)(=O)=O)cc2)N=C1C)C(F)(F)F. The van der Waals surface area contributed by atoms with Crippen molar-refractivity contribution >= 4 is 33.1 Å². The molecule has 2 rings (SSSR count). The number of hydrogen-bond acceptors (Lipinski definition) is 6. The van der Waals surface area contributed by atoms with E-state index < -0.39 is 39.0 Å². The van der Waals surface area contributed by atoms with Crippen molar-refractivity contribution in [3.8, 4) is 0 Å². The van der Waals surface area contributed by atoms with Gasteiger partial charge in [0, 0.05) is 6.26 Å². The van der Waals surface area contributed by atoms with Crippen molar-refractivity contribution in [1.29, 1.82) is 0 Å². The summed E-state index contributed by atoms with van der Waals surface area (Å²) in [6.07, 6.45) is -4.14. The molecule has 0 N–H and O–H groups in total. The smallest absolute Gasteiger partial charge is 0.424 e. The molecule has 0 saturated carbocycles. The van der Waals surface area contributed by atoms with E-state index in [2.05, 4.69) is 9.84 Å². The Labute approximate surface area is 146 Å². The molecule has 140 valence electrons. The Morgan fingerprint density at radius 3 is 2.15 bits per heavy atom. The molecule has 1 aromatic carbocycles. The minimum atomic E-state index is -5.12. The molecule has 0 spiro atoms. The molecule has 26 heavy (non-hydrogen) atoms. The molecular formula is C15H13F3N2O5S. The Bertz CT molecular complexity index is 931. The number of nitrogens with zero attached hydrogens (tertiary/aromatic N) is 2. The highest BCUT2D eigenvalue weighted by atomic mass is 32.2. The van der Waals surface area contributed by atoms with E-state index in [-0.39, 0.29) is 16.3 Å². The zero-order valence-electron chi connectivity index (χ0n) is 13.8. The molecule has 1 amide bonds. The second-order valence-corrected chi connectivity index (χ2v) is 7.32. The van der Waals surface area contributed by atoms with Crippen LogP contribution in [-0.4, -0.2) is 45.5 Å². The van der Waals surface area contributed by atoms with Crippen LogP contribution in [0.4, 0.5) is 18.9 Å². The summed E-state index contributed by atoms with van der Waals surface area (Å²) in [6, 6.07) is 4.82. The van der Waals surface area contributed by atoms with Crippen molar-refractivity contribution in [2.75, 3.05) is 18.4 Å². The predicted molar refractivity (Wildman–Crippen MR) is 85.2 cm³/mol. The average molecular weight is 390 g/mol.